The van der Waals surface area contributed by atoms with Crippen LogP contribution in [0.4, 0.5) is 0 Å². The average molecular weight is 336 g/mol. The maximum absolute atomic E-state index is 11.8. The molecule has 23 heavy (non-hydrogen) atoms. The van der Waals surface area contributed by atoms with E-state index in [0.29, 0.717) is 23.0 Å². The van der Waals surface area contributed by atoms with Gasteiger partial charge in [0.2, 0.25) is 0 Å². The standard InChI is InChI=1S/C15H18ClN5O2/c1-23-15(22)11-6-4-5-10(13(11)16)9-21-8-3-2-7-12(21)14-17-19-20-18-14/h4-6,12H,2-3,7-9H2,1H3,(H,17,18,19,20). The topological polar surface area (TPSA) is 84.0 Å². The number of rotatable bonds is 4. The van der Waals surface area contributed by atoms with Crippen molar-refractivity contribution in [3.63, 3.8) is 0 Å². The molecule has 1 fully saturated rings. The first-order valence-electron chi connectivity index (χ1n) is 7.54. The van der Waals surface area contributed by atoms with Crippen LogP contribution in [0.25, 0.3) is 0 Å². The molecule has 0 spiro atoms. The van der Waals surface area contributed by atoms with Crippen LogP contribution in [0.15, 0.2) is 18.2 Å². The number of halogens is 1. The average Bonchev–Trinajstić information content (AvgIpc) is 3.11. The molecule has 1 unspecified atom stereocenters. The minimum absolute atomic E-state index is 0.111. The summed E-state index contributed by atoms with van der Waals surface area (Å²) in [4.78, 5) is 14.1. The molecule has 8 heteroatoms. The number of aromatic nitrogens is 4. The van der Waals surface area contributed by atoms with Crippen molar-refractivity contribution in [3.8, 4) is 0 Å². The zero-order valence-corrected chi connectivity index (χ0v) is 13.6. The lowest BCUT2D eigenvalue weighted by atomic mass is 10.00. The highest BCUT2D eigenvalue weighted by Crippen LogP contribution is 2.32. The first-order valence-corrected chi connectivity index (χ1v) is 7.91. The zero-order valence-electron chi connectivity index (χ0n) is 12.8. The molecule has 0 aliphatic carbocycles. The number of likely N-dealkylation sites (tertiary alicyclic amines) is 1. The zero-order chi connectivity index (χ0) is 16.2. The molecule has 1 aliphatic rings. The Morgan fingerprint density at radius 1 is 1.48 bits per heavy atom. The van der Waals surface area contributed by atoms with Gasteiger partial charge in [0.25, 0.3) is 0 Å². The number of nitrogens with one attached hydrogen (secondary N) is 1. The molecule has 0 amide bonds. The van der Waals surface area contributed by atoms with Crippen LogP contribution >= 0.6 is 11.6 Å². The number of piperidine rings is 1. The van der Waals surface area contributed by atoms with Gasteiger partial charge in [0.05, 0.1) is 23.7 Å². The molecular formula is C15H18ClN5O2. The van der Waals surface area contributed by atoms with Crippen molar-refractivity contribution in [1.82, 2.24) is 25.5 Å². The van der Waals surface area contributed by atoms with Gasteiger partial charge >= 0.3 is 5.97 Å². The largest absolute Gasteiger partial charge is 0.465 e. The predicted molar refractivity (Wildman–Crippen MR) is 84.0 cm³/mol. The number of tetrazole rings is 1. The molecule has 1 aromatic carbocycles. The van der Waals surface area contributed by atoms with E-state index >= 15 is 0 Å². The van der Waals surface area contributed by atoms with Crippen molar-refractivity contribution in [2.75, 3.05) is 13.7 Å². The molecule has 1 aliphatic heterocycles. The Bertz CT molecular complexity index is 677. The molecule has 1 N–H and O–H groups in total. The summed E-state index contributed by atoms with van der Waals surface area (Å²) in [5.41, 5.74) is 1.28. The molecule has 2 heterocycles. The number of methoxy groups -OCH3 is 1. The Balaban J connectivity index is 1.84. The van der Waals surface area contributed by atoms with E-state index in [1.54, 1.807) is 6.07 Å². The quantitative estimate of drug-likeness (QED) is 0.863. The number of H-pyrrole nitrogens is 1. The number of carbonyl (C=O) groups excluding carboxylic acids is 1. The highest BCUT2D eigenvalue weighted by Gasteiger charge is 2.28. The fourth-order valence-corrected chi connectivity index (χ4v) is 3.23. The van der Waals surface area contributed by atoms with Gasteiger partial charge in [0.15, 0.2) is 5.82 Å². The number of ether oxygens (including phenoxy) is 1. The van der Waals surface area contributed by atoms with Crippen molar-refractivity contribution in [2.24, 2.45) is 0 Å². The van der Waals surface area contributed by atoms with Gasteiger partial charge in [-0.05, 0) is 31.0 Å². The Morgan fingerprint density at radius 2 is 2.35 bits per heavy atom. The first kappa shape index (κ1) is 15.9. The Hall–Kier alpha value is -1.99. The fourth-order valence-electron chi connectivity index (χ4n) is 2.97. The molecule has 1 aromatic heterocycles. The van der Waals surface area contributed by atoms with Crippen LogP contribution in [-0.4, -0.2) is 45.1 Å². The lowest BCUT2D eigenvalue weighted by Gasteiger charge is -2.34. The van der Waals surface area contributed by atoms with Gasteiger partial charge in [0, 0.05) is 6.54 Å². The highest BCUT2D eigenvalue weighted by atomic mass is 35.5. The molecule has 122 valence electrons. The van der Waals surface area contributed by atoms with Crippen molar-refractivity contribution in [2.45, 2.75) is 31.8 Å². The molecule has 7 nitrogen and oxygen atoms in total. The first-order chi connectivity index (χ1) is 11.2. The van der Waals surface area contributed by atoms with E-state index < -0.39 is 5.97 Å². The Labute approximate surface area is 139 Å². The van der Waals surface area contributed by atoms with Crippen LogP contribution in [-0.2, 0) is 11.3 Å². The van der Waals surface area contributed by atoms with Gasteiger partial charge < -0.3 is 4.74 Å². The molecule has 1 atom stereocenters. The van der Waals surface area contributed by atoms with Crippen molar-refractivity contribution < 1.29 is 9.53 Å². The molecule has 3 rings (SSSR count). The third kappa shape index (κ3) is 3.35. The van der Waals surface area contributed by atoms with E-state index in [2.05, 4.69) is 25.5 Å². The van der Waals surface area contributed by atoms with Crippen molar-refractivity contribution in [1.29, 1.82) is 0 Å². The smallest absolute Gasteiger partial charge is 0.339 e. The molecule has 0 radical (unpaired) electrons. The second-order valence-electron chi connectivity index (χ2n) is 5.52. The second kappa shape index (κ2) is 7.06. The Morgan fingerprint density at radius 3 is 3.09 bits per heavy atom. The molecule has 0 saturated carbocycles. The van der Waals surface area contributed by atoms with E-state index in [1.165, 1.54) is 7.11 Å². The Kier molecular flexibility index (Phi) is 4.88. The number of nitrogens with zero attached hydrogens (tertiary/aromatic N) is 4. The normalized spacial score (nSPS) is 18.8. The lowest BCUT2D eigenvalue weighted by Crippen LogP contribution is -2.33. The highest BCUT2D eigenvalue weighted by molar-refractivity contribution is 6.34. The van der Waals surface area contributed by atoms with E-state index in [1.807, 2.05) is 12.1 Å². The summed E-state index contributed by atoms with van der Waals surface area (Å²) in [6.07, 6.45) is 3.22. The molecular weight excluding hydrogens is 318 g/mol. The summed E-state index contributed by atoms with van der Waals surface area (Å²) in [7, 11) is 1.35. The van der Waals surface area contributed by atoms with Gasteiger partial charge in [-0.2, -0.15) is 5.21 Å². The number of benzene rings is 1. The van der Waals surface area contributed by atoms with Crippen molar-refractivity contribution in [3.05, 3.63) is 40.2 Å². The van der Waals surface area contributed by atoms with Crippen LogP contribution in [0.5, 0.6) is 0 Å². The van der Waals surface area contributed by atoms with E-state index in [4.69, 9.17) is 16.3 Å². The lowest BCUT2D eigenvalue weighted by molar-refractivity contribution is 0.0600. The SMILES string of the molecule is COC(=O)c1cccc(CN2CCCCC2c2nn[nH]n2)c1Cl. The van der Waals surface area contributed by atoms with Crippen molar-refractivity contribution >= 4 is 17.6 Å². The minimum Gasteiger partial charge on any atom is -0.465 e. The van der Waals surface area contributed by atoms with Crippen LogP contribution in [0.3, 0.4) is 0 Å². The number of hydrogen-bond acceptors (Lipinski definition) is 6. The van der Waals surface area contributed by atoms with Crippen LogP contribution in [0, 0.1) is 0 Å². The van der Waals surface area contributed by atoms with E-state index in [9.17, 15) is 4.79 Å². The molecule has 0 bridgehead atoms. The summed E-state index contributed by atoms with van der Waals surface area (Å²) in [5, 5.41) is 14.8. The van der Waals surface area contributed by atoms with Gasteiger partial charge in [-0.15, -0.1) is 10.2 Å². The van der Waals surface area contributed by atoms with Crippen LogP contribution < -0.4 is 0 Å². The summed E-state index contributed by atoms with van der Waals surface area (Å²) >= 11 is 6.40. The second-order valence-corrected chi connectivity index (χ2v) is 5.90. The minimum atomic E-state index is -0.426. The number of aromatic amines is 1. The summed E-state index contributed by atoms with van der Waals surface area (Å²) < 4.78 is 4.77. The van der Waals surface area contributed by atoms with E-state index in [-0.39, 0.29) is 6.04 Å². The third-order valence-electron chi connectivity index (χ3n) is 4.13. The summed E-state index contributed by atoms with van der Waals surface area (Å²) in [6.45, 7) is 1.56. The summed E-state index contributed by atoms with van der Waals surface area (Å²) in [5.74, 6) is 0.273. The van der Waals surface area contributed by atoms with Crippen LogP contribution in [0.1, 0.15) is 47.1 Å². The summed E-state index contributed by atoms with van der Waals surface area (Å²) in [6, 6.07) is 5.53. The van der Waals surface area contributed by atoms with Crippen LogP contribution in [0.2, 0.25) is 5.02 Å². The number of hydrogen-bond donors (Lipinski definition) is 1. The van der Waals surface area contributed by atoms with Gasteiger partial charge in [0.1, 0.15) is 0 Å². The maximum atomic E-state index is 11.8. The molecule has 1 saturated heterocycles. The third-order valence-corrected chi connectivity index (χ3v) is 4.58. The molecule has 2 aromatic rings. The van der Waals surface area contributed by atoms with Gasteiger partial charge in [-0.3, -0.25) is 4.90 Å². The number of carbonyl (C=O) groups is 1. The van der Waals surface area contributed by atoms with Gasteiger partial charge in [-0.1, -0.05) is 35.4 Å². The maximum Gasteiger partial charge on any atom is 0.339 e. The fraction of sp³-hybridized carbons (Fsp3) is 0.467. The van der Waals surface area contributed by atoms with E-state index in [0.717, 1.165) is 31.4 Å². The predicted octanol–water partition coefficient (Wildman–Crippen LogP) is 2.37. The van der Waals surface area contributed by atoms with Gasteiger partial charge in [-0.25, -0.2) is 4.79 Å². The monoisotopic (exact) mass is 335 g/mol. The number of esters is 1.